The maximum absolute atomic E-state index is 8.90. The summed E-state index contributed by atoms with van der Waals surface area (Å²) in [5.41, 5.74) is 2.72. The molecule has 0 heterocycles. The Morgan fingerprint density at radius 1 is 1.38 bits per heavy atom. The summed E-state index contributed by atoms with van der Waals surface area (Å²) >= 11 is 0. The van der Waals surface area contributed by atoms with Crippen molar-refractivity contribution in [3.8, 4) is 0 Å². The van der Waals surface area contributed by atoms with Gasteiger partial charge in [-0.1, -0.05) is 29.8 Å². The average Bonchev–Trinajstić information content (AvgIpc) is 3.08. The lowest BCUT2D eigenvalue weighted by Crippen LogP contribution is -2.27. The Morgan fingerprint density at radius 3 is 2.81 bits per heavy atom. The third-order valence-electron chi connectivity index (χ3n) is 3.13. The maximum Gasteiger partial charge on any atom is 0.0443 e. The number of aliphatic hydroxyl groups excluding tert-OH is 1. The van der Waals surface area contributed by atoms with Gasteiger partial charge in [-0.15, -0.1) is 0 Å². The van der Waals surface area contributed by atoms with Crippen molar-refractivity contribution in [3.05, 3.63) is 35.4 Å². The molecule has 0 amide bonds. The smallest absolute Gasteiger partial charge is 0.0443 e. The molecule has 1 aromatic rings. The molecule has 1 saturated carbocycles. The Morgan fingerprint density at radius 2 is 2.19 bits per heavy atom. The molecular weight excluding hydrogens is 198 g/mol. The fraction of sp³-hybridized carbons (Fsp3) is 0.571. The second-order valence-electron chi connectivity index (χ2n) is 4.77. The number of rotatable bonds is 6. The molecule has 0 spiro atoms. The van der Waals surface area contributed by atoms with Gasteiger partial charge in [-0.3, -0.25) is 4.90 Å². The highest BCUT2D eigenvalue weighted by atomic mass is 16.3. The largest absolute Gasteiger partial charge is 0.396 e. The first-order valence-corrected chi connectivity index (χ1v) is 6.20. The summed E-state index contributed by atoms with van der Waals surface area (Å²) in [5.74, 6) is 0. The molecule has 2 heteroatoms. The van der Waals surface area contributed by atoms with E-state index in [9.17, 15) is 0 Å². The van der Waals surface area contributed by atoms with E-state index in [0.29, 0.717) is 6.61 Å². The zero-order chi connectivity index (χ0) is 11.4. The van der Waals surface area contributed by atoms with E-state index in [1.807, 2.05) is 0 Å². The van der Waals surface area contributed by atoms with E-state index in [2.05, 4.69) is 36.1 Å². The van der Waals surface area contributed by atoms with Gasteiger partial charge < -0.3 is 5.11 Å². The van der Waals surface area contributed by atoms with E-state index in [-0.39, 0.29) is 0 Å². The van der Waals surface area contributed by atoms with Crippen LogP contribution in [0, 0.1) is 6.92 Å². The molecule has 0 aliphatic heterocycles. The molecule has 1 aromatic carbocycles. The van der Waals surface area contributed by atoms with Gasteiger partial charge in [-0.05, 0) is 31.7 Å². The Kier molecular flexibility index (Phi) is 3.97. The van der Waals surface area contributed by atoms with Crippen LogP contribution in [0.4, 0.5) is 0 Å². The van der Waals surface area contributed by atoms with E-state index in [0.717, 1.165) is 25.6 Å². The lowest BCUT2D eigenvalue weighted by atomic mass is 10.1. The van der Waals surface area contributed by atoms with E-state index in [1.165, 1.54) is 24.0 Å². The maximum atomic E-state index is 8.90. The highest BCUT2D eigenvalue weighted by molar-refractivity contribution is 5.22. The normalized spacial score (nSPS) is 15.7. The van der Waals surface area contributed by atoms with Crippen molar-refractivity contribution < 1.29 is 5.11 Å². The molecule has 16 heavy (non-hydrogen) atoms. The Hall–Kier alpha value is -0.860. The topological polar surface area (TPSA) is 23.5 Å². The summed E-state index contributed by atoms with van der Waals surface area (Å²) in [6.07, 6.45) is 3.55. The van der Waals surface area contributed by atoms with Crippen LogP contribution in [0.25, 0.3) is 0 Å². The predicted octanol–water partition coefficient (Wildman–Crippen LogP) is 2.34. The van der Waals surface area contributed by atoms with E-state index in [1.54, 1.807) is 0 Å². The predicted molar refractivity (Wildman–Crippen MR) is 66.3 cm³/mol. The molecule has 2 rings (SSSR count). The van der Waals surface area contributed by atoms with Gasteiger partial charge in [0.25, 0.3) is 0 Å². The second kappa shape index (κ2) is 5.46. The summed E-state index contributed by atoms with van der Waals surface area (Å²) in [6, 6.07) is 9.49. The van der Waals surface area contributed by atoms with Crippen molar-refractivity contribution in [2.24, 2.45) is 0 Å². The first-order chi connectivity index (χ1) is 7.79. The van der Waals surface area contributed by atoms with E-state index in [4.69, 9.17) is 5.11 Å². The third kappa shape index (κ3) is 3.32. The molecule has 0 atom stereocenters. The quantitative estimate of drug-likeness (QED) is 0.794. The van der Waals surface area contributed by atoms with Gasteiger partial charge in [0.2, 0.25) is 0 Å². The molecule has 0 unspecified atom stereocenters. The first-order valence-electron chi connectivity index (χ1n) is 6.20. The zero-order valence-electron chi connectivity index (χ0n) is 10.0. The van der Waals surface area contributed by atoms with Crippen LogP contribution in [-0.2, 0) is 6.54 Å². The van der Waals surface area contributed by atoms with Crippen LogP contribution in [-0.4, -0.2) is 29.2 Å². The van der Waals surface area contributed by atoms with Gasteiger partial charge in [0, 0.05) is 25.7 Å². The highest BCUT2D eigenvalue weighted by Crippen LogP contribution is 2.28. The van der Waals surface area contributed by atoms with Gasteiger partial charge in [-0.25, -0.2) is 0 Å². The minimum Gasteiger partial charge on any atom is -0.396 e. The summed E-state index contributed by atoms with van der Waals surface area (Å²) in [4.78, 5) is 2.50. The van der Waals surface area contributed by atoms with Crippen molar-refractivity contribution >= 4 is 0 Å². The van der Waals surface area contributed by atoms with Gasteiger partial charge >= 0.3 is 0 Å². The highest BCUT2D eigenvalue weighted by Gasteiger charge is 2.28. The Bertz CT molecular complexity index is 333. The fourth-order valence-electron chi connectivity index (χ4n) is 2.15. The van der Waals surface area contributed by atoms with Crippen LogP contribution in [0.3, 0.4) is 0 Å². The van der Waals surface area contributed by atoms with Gasteiger partial charge in [0.05, 0.1) is 0 Å². The average molecular weight is 219 g/mol. The summed E-state index contributed by atoms with van der Waals surface area (Å²) in [7, 11) is 0. The third-order valence-corrected chi connectivity index (χ3v) is 3.13. The van der Waals surface area contributed by atoms with Crippen molar-refractivity contribution in [3.63, 3.8) is 0 Å². The molecule has 1 N–H and O–H groups in total. The molecule has 1 fully saturated rings. The van der Waals surface area contributed by atoms with Crippen LogP contribution >= 0.6 is 0 Å². The summed E-state index contributed by atoms with van der Waals surface area (Å²) in [5, 5.41) is 8.90. The summed E-state index contributed by atoms with van der Waals surface area (Å²) < 4.78 is 0. The molecule has 1 aliphatic rings. The molecule has 1 aliphatic carbocycles. The van der Waals surface area contributed by atoms with Crippen LogP contribution in [0.5, 0.6) is 0 Å². The minimum absolute atomic E-state index is 0.303. The number of nitrogens with zero attached hydrogens (tertiary/aromatic N) is 1. The second-order valence-corrected chi connectivity index (χ2v) is 4.77. The number of hydrogen-bond acceptors (Lipinski definition) is 2. The summed E-state index contributed by atoms with van der Waals surface area (Å²) in [6.45, 7) is 4.50. The molecule has 0 saturated heterocycles. The van der Waals surface area contributed by atoms with E-state index >= 15 is 0 Å². The molecule has 0 radical (unpaired) electrons. The minimum atomic E-state index is 0.303. The molecule has 2 nitrogen and oxygen atoms in total. The fourth-order valence-corrected chi connectivity index (χ4v) is 2.15. The van der Waals surface area contributed by atoms with Crippen LogP contribution < -0.4 is 0 Å². The SMILES string of the molecule is Cc1cccc(CN(CCCO)C2CC2)c1. The van der Waals surface area contributed by atoms with E-state index < -0.39 is 0 Å². The monoisotopic (exact) mass is 219 g/mol. The molecule has 0 aromatic heterocycles. The lowest BCUT2D eigenvalue weighted by molar-refractivity contribution is 0.211. The number of hydrogen-bond donors (Lipinski definition) is 1. The number of aryl methyl sites for hydroxylation is 1. The Labute approximate surface area is 97.9 Å². The van der Waals surface area contributed by atoms with Gasteiger partial charge in [0.15, 0.2) is 0 Å². The van der Waals surface area contributed by atoms with Crippen molar-refractivity contribution in [1.29, 1.82) is 0 Å². The van der Waals surface area contributed by atoms with Crippen LogP contribution in [0.15, 0.2) is 24.3 Å². The first kappa shape index (κ1) is 11.6. The van der Waals surface area contributed by atoms with Crippen LogP contribution in [0.2, 0.25) is 0 Å². The zero-order valence-corrected chi connectivity index (χ0v) is 10.0. The molecule has 0 bridgehead atoms. The number of benzene rings is 1. The number of aliphatic hydroxyl groups is 1. The van der Waals surface area contributed by atoms with Crippen molar-refractivity contribution in [1.82, 2.24) is 4.90 Å². The van der Waals surface area contributed by atoms with Gasteiger partial charge in [-0.2, -0.15) is 0 Å². The standard InChI is InChI=1S/C14H21NO/c1-12-4-2-5-13(10-12)11-15(8-3-9-16)14-6-7-14/h2,4-5,10,14,16H,3,6-9,11H2,1H3. The van der Waals surface area contributed by atoms with Crippen molar-refractivity contribution in [2.75, 3.05) is 13.2 Å². The van der Waals surface area contributed by atoms with Crippen LogP contribution in [0.1, 0.15) is 30.4 Å². The Balaban J connectivity index is 1.94. The van der Waals surface area contributed by atoms with Crippen molar-refractivity contribution in [2.45, 2.75) is 38.8 Å². The molecular formula is C14H21NO. The molecule has 88 valence electrons. The van der Waals surface area contributed by atoms with Gasteiger partial charge in [0.1, 0.15) is 0 Å². The lowest BCUT2D eigenvalue weighted by Gasteiger charge is -2.21.